The number of phenols is 3. The van der Waals surface area contributed by atoms with Crippen LogP contribution in [0.3, 0.4) is 0 Å². The second kappa shape index (κ2) is 8.25. The van der Waals surface area contributed by atoms with Crippen LogP contribution in [0.15, 0.2) is 36.4 Å². The van der Waals surface area contributed by atoms with Gasteiger partial charge in [-0.1, -0.05) is 0 Å². The summed E-state index contributed by atoms with van der Waals surface area (Å²) in [5.41, 5.74) is 1.04. The van der Waals surface area contributed by atoms with Gasteiger partial charge in [0, 0.05) is 12.1 Å². The van der Waals surface area contributed by atoms with Crippen molar-refractivity contribution in [2.75, 3.05) is 6.61 Å². The van der Waals surface area contributed by atoms with E-state index in [1.54, 1.807) is 18.2 Å². The summed E-state index contributed by atoms with van der Waals surface area (Å²) in [6.45, 7) is -0.596. The van der Waals surface area contributed by atoms with Gasteiger partial charge in [0.1, 0.15) is 41.5 Å². The number of ether oxygens (including phenoxy) is 3. The highest BCUT2D eigenvalue weighted by atomic mass is 16.7. The Morgan fingerprint density at radius 1 is 0.903 bits per heavy atom. The van der Waals surface area contributed by atoms with E-state index < -0.39 is 43.4 Å². The molecule has 4 rings (SSSR count). The molecule has 0 spiro atoms. The number of aliphatic hydroxyl groups excluding tert-OH is 4. The zero-order valence-corrected chi connectivity index (χ0v) is 16.1. The summed E-state index contributed by atoms with van der Waals surface area (Å²) >= 11 is 0. The van der Waals surface area contributed by atoms with Gasteiger partial charge in [0.15, 0.2) is 11.5 Å². The molecule has 1 saturated heterocycles. The second-order valence-electron chi connectivity index (χ2n) is 7.37. The standard InChI is InChI=1S/C21H22O10/c22-8-17-18(26)19(27)20(28)21(31-17)29-10-6-13(24)11-2-4-15(30-16(11)7-10)9-1-3-12(23)14(25)5-9/h1-7,15,17-28H,8H2/p+1. The minimum Gasteiger partial charge on any atom is -0.574 e. The normalized spacial score (nSPS) is 29.8. The minimum absolute atomic E-state index is 0.0759. The van der Waals surface area contributed by atoms with E-state index in [9.17, 15) is 35.7 Å². The Labute approximate surface area is 176 Å². The molecular formula is C21H23O10+. The van der Waals surface area contributed by atoms with Crippen molar-refractivity contribution in [3.63, 3.8) is 0 Å². The van der Waals surface area contributed by atoms with E-state index in [-0.39, 0.29) is 23.0 Å². The zero-order valence-electron chi connectivity index (χ0n) is 16.1. The van der Waals surface area contributed by atoms with Crippen molar-refractivity contribution in [1.29, 1.82) is 0 Å². The van der Waals surface area contributed by atoms with E-state index in [0.29, 0.717) is 16.9 Å². The molecule has 2 heterocycles. The highest BCUT2D eigenvalue weighted by molar-refractivity contribution is 5.68. The first-order chi connectivity index (χ1) is 14.8. The SMILES string of the molecule is OCC1OC(Oc2cc(O)c3c(c2)[OH+]C(c2ccc(O)c(O)c2)C=C3)C(O)C(O)C1O. The third-order valence-electron chi connectivity index (χ3n) is 5.27. The van der Waals surface area contributed by atoms with Crippen molar-refractivity contribution in [2.24, 2.45) is 0 Å². The Balaban J connectivity index is 1.57. The Bertz CT molecular complexity index is 988. The first-order valence-corrected chi connectivity index (χ1v) is 9.53. The summed E-state index contributed by atoms with van der Waals surface area (Å²) in [6.07, 6.45) is -4.37. The van der Waals surface area contributed by atoms with Crippen LogP contribution in [0.25, 0.3) is 6.08 Å². The number of aliphatic hydroxyl groups is 5. The molecular weight excluding hydrogens is 412 g/mol. The van der Waals surface area contributed by atoms with Crippen molar-refractivity contribution in [1.82, 2.24) is 0 Å². The van der Waals surface area contributed by atoms with Crippen LogP contribution in [0.5, 0.6) is 28.7 Å². The van der Waals surface area contributed by atoms with Crippen molar-refractivity contribution in [2.45, 2.75) is 36.8 Å². The molecule has 166 valence electrons. The number of phenolic OH excluding ortho intramolecular Hbond substituents is 3. The summed E-state index contributed by atoms with van der Waals surface area (Å²) < 4.78 is 15.4. The van der Waals surface area contributed by atoms with E-state index in [4.69, 9.17) is 9.47 Å². The smallest absolute Gasteiger partial charge is 0.270 e. The molecule has 31 heavy (non-hydrogen) atoms. The Hall–Kier alpha value is -3.02. The van der Waals surface area contributed by atoms with Crippen LogP contribution < -0.4 is 4.74 Å². The van der Waals surface area contributed by atoms with Crippen LogP contribution in [0.4, 0.5) is 0 Å². The maximum atomic E-state index is 10.4. The molecule has 2 aliphatic rings. The fourth-order valence-electron chi connectivity index (χ4n) is 3.53. The molecule has 8 N–H and O–H groups in total. The van der Waals surface area contributed by atoms with Crippen molar-refractivity contribution in [3.8, 4) is 28.7 Å². The van der Waals surface area contributed by atoms with E-state index in [1.165, 1.54) is 24.3 Å². The van der Waals surface area contributed by atoms with E-state index in [2.05, 4.69) is 4.74 Å². The van der Waals surface area contributed by atoms with Gasteiger partial charge in [-0.05, 0) is 24.3 Å². The maximum Gasteiger partial charge on any atom is 0.270 e. The summed E-state index contributed by atoms with van der Waals surface area (Å²) in [6, 6.07) is 7.11. The van der Waals surface area contributed by atoms with E-state index in [0.717, 1.165) is 0 Å². The number of benzene rings is 2. The van der Waals surface area contributed by atoms with Gasteiger partial charge in [0.2, 0.25) is 12.4 Å². The first-order valence-electron chi connectivity index (χ1n) is 9.53. The molecule has 1 fully saturated rings. The highest BCUT2D eigenvalue weighted by Gasteiger charge is 2.45. The summed E-state index contributed by atoms with van der Waals surface area (Å²) in [4.78, 5) is 0. The molecule has 2 aromatic rings. The van der Waals surface area contributed by atoms with Crippen LogP contribution in [0.1, 0.15) is 17.2 Å². The van der Waals surface area contributed by atoms with Crippen LogP contribution in [0, 0.1) is 0 Å². The average Bonchev–Trinajstić information content (AvgIpc) is 2.75. The third-order valence-corrected chi connectivity index (χ3v) is 5.27. The molecule has 10 heteroatoms. The second-order valence-corrected chi connectivity index (χ2v) is 7.37. The Morgan fingerprint density at radius 2 is 1.68 bits per heavy atom. The Kier molecular flexibility index (Phi) is 5.65. The predicted molar refractivity (Wildman–Crippen MR) is 106 cm³/mol. The molecule has 6 atom stereocenters. The first kappa shape index (κ1) is 21.2. The Morgan fingerprint density at radius 3 is 2.39 bits per heavy atom. The van der Waals surface area contributed by atoms with Gasteiger partial charge in [-0.15, -0.1) is 0 Å². The van der Waals surface area contributed by atoms with Crippen molar-refractivity contribution in [3.05, 3.63) is 47.5 Å². The topological polar surface area (TPSA) is 173 Å². The largest absolute Gasteiger partial charge is 0.574 e. The van der Waals surface area contributed by atoms with Gasteiger partial charge in [-0.25, -0.2) is 0 Å². The molecule has 0 bridgehead atoms. The van der Waals surface area contributed by atoms with Crippen LogP contribution in [-0.4, -0.2) is 77.8 Å². The van der Waals surface area contributed by atoms with Gasteiger partial charge in [-0.2, -0.15) is 0 Å². The highest BCUT2D eigenvalue weighted by Crippen LogP contribution is 2.43. The fourth-order valence-corrected chi connectivity index (χ4v) is 3.53. The summed E-state index contributed by atoms with van der Waals surface area (Å²) in [5.74, 6) is -0.248. The lowest BCUT2D eigenvalue weighted by molar-refractivity contribution is -0.277. The molecule has 0 aliphatic carbocycles. The zero-order chi connectivity index (χ0) is 22.3. The monoisotopic (exact) mass is 435 g/mol. The molecule has 0 amide bonds. The van der Waals surface area contributed by atoms with Crippen LogP contribution in [0.2, 0.25) is 0 Å². The van der Waals surface area contributed by atoms with Gasteiger partial charge >= 0.3 is 0 Å². The average molecular weight is 435 g/mol. The quantitative estimate of drug-likeness (QED) is 0.257. The fraction of sp³-hybridized carbons (Fsp3) is 0.333. The number of hydrogen-bond donors (Lipinski definition) is 7. The van der Waals surface area contributed by atoms with Gasteiger partial charge in [-0.3, -0.25) is 0 Å². The predicted octanol–water partition coefficient (Wildman–Crippen LogP) is -0.00850. The minimum atomic E-state index is -1.60. The lowest BCUT2D eigenvalue weighted by atomic mass is 9.99. The lowest BCUT2D eigenvalue weighted by Crippen LogP contribution is -2.60. The van der Waals surface area contributed by atoms with Gasteiger partial charge in [0.05, 0.1) is 18.2 Å². The molecule has 10 nitrogen and oxygen atoms in total. The molecule has 6 unspecified atom stereocenters. The molecule has 0 aromatic heterocycles. The summed E-state index contributed by atoms with van der Waals surface area (Å²) in [7, 11) is 0. The van der Waals surface area contributed by atoms with Crippen LogP contribution >= 0.6 is 0 Å². The molecule has 2 aromatic carbocycles. The van der Waals surface area contributed by atoms with E-state index >= 15 is 0 Å². The number of aromatic hydroxyl groups is 4. The van der Waals surface area contributed by atoms with Crippen LogP contribution in [-0.2, 0) is 4.74 Å². The third kappa shape index (κ3) is 3.99. The van der Waals surface area contributed by atoms with Crippen molar-refractivity contribution < 1.29 is 50.0 Å². The molecule has 0 saturated carbocycles. The van der Waals surface area contributed by atoms with Gasteiger partial charge in [0.25, 0.3) is 5.75 Å². The van der Waals surface area contributed by atoms with E-state index in [1.807, 2.05) is 0 Å². The van der Waals surface area contributed by atoms with Gasteiger partial charge < -0.3 is 50.0 Å². The lowest BCUT2D eigenvalue weighted by Gasteiger charge is -2.39. The molecule has 0 radical (unpaired) electrons. The maximum absolute atomic E-state index is 10.4. The summed E-state index contributed by atoms with van der Waals surface area (Å²) in [5, 5.41) is 68.8. The number of hydrogen-bond acceptors (Lipinski definition) is 9. The number of rotatable bonds is 4. The number of fused-ring (bicyclic) bond motifs is 1. The van der Waals surface area contributed by atoms with Crippen molar-refractivity contribution >= 4 is 6.08 Å². The molecule has 2 aliphatic heterocycles.